The highest BCUT2D eigenvalue weighted by Crippen LogP contribution is 2.54. The van der Waals surface area contributed by atoms with Gasteiger partial charge >= 0.3 is 6.55 Å². The lowest BCUT2D eigenvalue weighted by atomic mass is 9.77. The number of benzene rings is 1. The zero-order chi connectivity index (χ0) is 22.0. The number of hydrogen-bond acceptors (Lipinski definition) is 4. The first-order chi connectivity index (χ1) is 15.5. The Bertz CT molecular complexity index is 1340. The first-order valence-electron chi connectivity index (χ1n) is 10.6. The summed E-state index contributed by atoms with van der Waals surface area (Å²) in [4.78, 5) is 26.9. The van der Waals surface area contributed by atoms with E-state index in [1.165, 1.54) is 12.4 Å². The number of imidazole rings is 1. The molecule has 4 aromatic rings. The molecule has 4 heterocycles. The molecule has 0 unspecified atom stereocenters. The first kappa shape index (κ1) is 19.1. The summed E-state index contributed by atoms with van der Waals surface area (Å²) in [6.45, 7) is -0.716. The Morgan fingerprint density at radius 1 is 1.16 bits per heavy atom. The van der Waals surface area contributed by atoms with Crippen molar-refractivity contribution in [1.29, 1.82) is 0 Å². The molecule has 1 aliphatic carbocycles. The van der Waals surface area contributed by atoms with Gasteiger partial charge < -0.3 is 9.88 Å². The summed E-state index contributed by atoms with van der Waals surface area (Å²) in [5.74, 6) is 0.487. The van der Waals surface area contributed by atoms with Gasteiger partial charge in [0, 0.05) is 23.6 Å². The predicted molar refractivity (Wildman–Crippen MR) is 114 cm³/mol. The fourth-order valence-electron chi connectivity index (χ4n) is 4.73. The molecular weight excluding hydrogens is 414 g/mol. The van der Waals surface area contributed by atoms with Crippen LogP contribution in [0, 0.1) is 18.8 Å². The van der Waals surface area contributed by atoms with Crippen molar-refractivity contribution in [3.8, 4) is 11.3 Å². The highest BCUT2D eigenvalue weighted by Gasteiger charge is 2.55. The molecule has 1 aromatic carbocycles. The fourth-order valence-corrected chi connectivity index (χ4v) is 4.73. The number of anilines is 1. The van der Waals surface area contributed by atoms with Crippen molar-refractivity contribution in [1.82, 2.24) is 24.7 Å². The molecule has 0 spiro atoms. The molecular formula is C23H20F2N6O. The van der Waals surface area contributed by atoms with Crippen molar-refractivity contribution < 1.29 is 13.6 Å². The van der Waals surface area contributed by atoms with E-state index in [2.05, 4.69) is 20.1 Å². The van der Waals surface area contributed by atoms with Crippen LogP contribution in [-0.2, 0) is 4.79 Å². The van der Waals surface area contributed by atoms with Crippen molar-refractivity contribution in [3.05, 3.63) is 60.3 Å². The number of nitrogens with zero attached hydrogens (tertiary/aromatic N) is 5. The second kappa shape index (κ2) is 6.94. The number of β-lactam (4-membered cyclic amide) rings is 1. The maximum atomic E-state index is 13.2. The number of alkyl halides is 2. The second-order valence-electron chi connectivity index (χ2n) is 8.53. The molecule has 1 saturated heterocycles. The molecule has 1 amide bonds. The molecule has 1 N–H and O–H groups in total. The number of amides is 1. The van der Waals surface area contributed by atoms with Crippen LogP contribution >= 0.6 is 0 Å². The van der Waals surface area contributed by atoms with Crippen LogP contribution < -0.4 is 4.90 Å². The Hall–Kier alpha value is -3.62. The minimum Gasteiger partial charge on any atom is -0.345 e. The molecule has 6 rings (SSSR count). The Morgan fingerprint density at radius 2 is 2.00 bits per heavy atom. The number of rotatable bonds is 5. The highest BCUT2D eigenvalue weighted by molar-refractivity contribution is 6.04. The number of nitrogens with one attached hydrogen (secondary N) is 1. The van der Waals surface area contributed by atoms with Crippen molar-refractivity contribution in [2.45, 2.75) is 32.4 Å². The monoisotopic (exact) mass is 434 g/mol. The Kier molecular flexibility index (Phi) is 4.14. The third-order valence-electron chi connectivity index (χ3n) is 6.52. The molecule has 32 heavy (non-hydrogen) atoms. The smallest absolute Gasteiger partial charge is 0.333 e. The minimum atomic E-state index is -2.69. The summed E-state index contributed by atoms with van der Waals surface area (Å²) in [5, 5.41) is 3.70. The van der Waals surface area contributed by atoms with E-state index in [0.29, 0.717) is 21.9 Å². The molecule has 3 aromatic heterocycles. The molecule has 2 fully saturated rings. The summed E-state index contributed by atoms with van der Waals surface area (Å²) < 4.78 is 26.4. The van der Waals surface area contributed by atoms with E-state index in [-0.39, 0.29) is 17.9 Å². The number of H-pyrrole nitrogens is 1. The number of aromatic amines is 1. The third kappa shape index (κ3) is 2.91. The van der Waals surface area contributed by atoms with Gasteiger partial charge in [-0.3, -0.25) is 9.78 Å². The summed E-state index contributed by atoms with van der Waals surface area (Å²) in [5.41, 5.74) is 5.62. The molecule has 0 radical (unpaired) electrons. The van der Waals surface area contributed by atoms with E-state index in [1.54, 1.807) is 12.5 Å². The van der Waals surface area contributed by atoms with Gasteiger partial charge in [0.15, 0.2) is 0 Å². The van der Waals surface area contributed by atoms with Crippen LogP contribution in [0.15, 0.2) is 49.2 Å². The van der Waals surface area contributed by atoms with Crippen LogP contribution in [0.1, 0.15) is 36.6 Å². The van der Waals surface area contributed by atoms with Gasteiger partial charge in [0.05, 0.1) is 41.2 Å². The highest BCUT2D eigenvalue weighted by atomic mass is 19.3. The van der Waals surface area contributed by atoms with E-state index >= 15 is 0 Å². The lowest BCUT2D eigenvalue weighted by Gasteiger charge is -2.48. The zero-order valence-electron chi connectivity index (χ0n) is 17.2. The van der Waals surface area contributed by atoms with E-state index in [9.17, 15) is 13.6 Å². The number of pyridine rings is 1. The van der Waals surface area contributed by atoms with E-state index in [4.69, 9.17) is 0 Å². The van der Waals surface area contributed by atoms with Gasteiger partial charge in [-0.05, 0) is 61.1 Å². The van der Waals surface area contributed by atoms with Gasteiger partial charge in [-0.2, -0.15) is 13.9 Å². The van der Waals surface area contributed by atoms with E-state index < -0.39 is 6.55 Å². The molecule has 2 atom stereocenters. The molecule has 1 aliphatic heterocycles. The molecule has 0 bridgehead atoms. The van der Waals surface area contributed by atoms with E-state index in [0.717, 1.165) is 40.7 Å². The number of carbonyl (C=O) groups excluding carboxylic acids is 1. The number of aryl methyl sites for hydroxylation is 1. The Labute approximate surface area is 182 Å². The van der Waals surface area contributed by atoms with Gasteiger partial charge in [0.2, 0.25) is 5.91 Å². The largest absolute Gasteiger partial charge is 0.345 e. The van der Waals surface area contributed by atoms with Crippen LogP contribution in [0.3, 0.4) is 0 Å². The number of carbonyl (C=O) groups is 1. The summed E-state index contributed by atoms with van der Waals surface area (Å²) in [6, 6.07) is 7.57. The van der Waals surface area contributed by atoms with Crippen molar-refractivity contribution in [2.75, 3.05) is 4.90 Å². The topological polar surface area (TPSA) is 79.7 Å². The molecule has 9 heteroatoms. The first-order valence-corrected chi connectivity index (χ1v) is 10.6. The van der Waals surface area contributed by atoms with Crippen LogP contribution in [0.4, 0.5) is 14.5 Å². The average molecular weight is 434 g/mol. The Balaban J connectivity index is 1.37. The van der Waals surface area contributed by atoms with Gasteiger partial charge in [-0.1, -0.05) is 0 Å². The number of fused-ring (bicyclic) bond motifs is 1. The Morgan fingerprint density at radius 3 is 2.72 bits per heavy atom. The van der Waals surface area contributed by atoms with Crippen molar-refractivity contribution in [3.63, 3.8) is 0 Å². The fraction of sp³-hybridized carbons (Fsp3) is 0.304. The maximum Gasteiger partial charge on any atom is 0.333 e. The molecule has 1 saturated carbocycles. The summed E-state index contributed by atoms with van der Waals surface area (Å²) in [7, 11) is 0. The molecule has 7 nitrogen and oxygen atoms in total. The zero-order valence-corrected chi connectivity index (χ0v) is 17.2. The predicted octanol–water partition coefficient (Wildman–Crippen LogP) is 4.64. The normalized spacial score (nSPS) is 20.9. The van der Waals surface area contributed by atoms with Gasteiger partial charge in [0.25, 0.3) is 0 Å². The summed E-state index contributed by atoms with van der Waals surface area (Å²) >= 11 is 0. The third-order valence-corrected chi connectivity index (χ3v) is 6.52. The minimum absolute atomic E-state index is 0.0552. The van der Waals surface area contributed by atoms with Crippen molar-refractivity contribution >= 4 is 22.6 Å². The van der Waals surface area contributed by atoms with Crippen LogP contribution in [0.2, 0.25) is 0 Å². The lowest BCUT2D eigenvalue weighted by molar-refractivity contribution is -0.131. The van der Waals surface area contributed by atoms with Crippen LogP contribution in [0.25, 0.3) is 22.3 Å². The van der Waals surface area contributed by atoms with Crippen LogP contribution in [0.5, 0.6) is 0 Å². The number of hydrogen-bond donors (Lipinski definition) is 1. The van der Waals surface area contributed by atoms with Crippen molar-refractivity contribution in [2.24, 2.45) is 11.8 Å². The maximum absolute atomic E-state index is 13.2. The lowest BCUT2D eigenvalue weighted by Crippen LogP contribution is -2.56. The second-order valence-corrected chi connectivity index (χ2v) is 8.53. The number of halogens is 2. The standard InChI is InChI=1S/C23H20F2N6O/c1-12-6-18(14-8-29-30(10-14)23(24)25)26-9-16(12)21-20(13-2-3-13)22(32)31(21)15-4-5-17-19(7-15)28-11-27-17/h4-11,13,20-21,23H,2-3H2,1H3,(H,27,28)/t20-,21+/m0/s1. The van der Waals surface area contributed by atoms with E-state index in [1.807, 2.05) is 36.1 Å². The van der Waals surface area contributed by atoms with Gasteiger partial charge in [0.1, 0.15) is 0 Å². The number of aromatic nitrogens is 5. The quantitative estimate of drug-likeness (QED) is 0.464. The van der Waals surface area contributed by atoms with Gasteiger partial charge in [-0.25, -0.2) is 9.67 Å². The average Bonchev–Trinajstić information content (AvgIpc) is 3.26. The van der Waals surface area contributed by atoms with Crippen LogP contribution in [-0.4, -0.2) is 30.6 Å². The SMILES string of the molecule is Cc1cc(-c2cnn(C(F)F)c2)ncc1[C@@H]1[C@H](C2CC2)C(=O)N1c1ccc2nc[nH]c2c1. The molecule has 2 aliphatic rings. The summed E-state index contributed by atoms with van der Waals surface area (Å²) in [6.07, 6.45) is 8.23. The molecule has 162 valence electrons. The van der Waals surface area contributed by atoms with Gasteiger partial charge in [-0.15, -0.1) is 0 Å².